The minimum Gasteiger partial charge on any atom is -0.423 e. The smallest absolute Gasteiger partial charge is 0.308 e. The Balaban J connectivity index is 2.15. The zero-order chi connectivity index (χ0) is 25.4. The van der Waals surface area contributed by atoms with Gasteiger partial charge in [-0.25, -0.2) is 0 Å². The predicted molar refractivity (Wildman–Crippen MR) is 124 cm³/mol. The first kappa shape index (κ1) is 26.6. The summed E-state index contributed by atoms with van der Waals surface area (Å²) in [4.78, 5) is 45.5. The highest BCUT2D eigenvalue weighted by atomic mass is 16.6. The van der Waals surface area contributed by atoms with Crippen molar-refractivity contribution in [2.45, 2.75) is 54.4 Å². The largest absolute Gasteiger partial charge is 0.423 e. The number of ether oxygens (including phenoxy) is 4. The van der Waals surface area contributed by atoms with Gasteiger partial charge in [-0.05, 0) is 60.1 Å². The summed E-state index contributed by atoms with van der Waals surface area (Å²) in [6.45, 7) is 9.34. The van der Waals surface area contributed by atoms with E-state index in [-0.39, 0.29) is 34.8 Å². The van der Waals surface area contributed by atoms with Crippen LogP contribution in [0.15, 0.2) is 36.4 Å². The van der Waals surface area contributed by atoms with Crippen LogP contribution in [0.5, 0.6) is 23.0 Å². The standard InChI is InChI=1S/C26H30O8/c1-15(11-21-7-9-23(31-17(3)27)25(13-21)33-19(5)29)16(2)12-22-8-10-24(32-18(4)28)26(14-22)34-20(6)30/h7-10,13-16H,11-12H2,1-6H3/t15-,16+. The van der Waals surface area contributed by atoms with Crippen LogP contribution in [0.1, 0.15) is 52.7 Å². The van der Waals surface area contributed by atoms with E-state index < -0.39 is 23.9 Å². The van der Waals surface area contributed by atoms with Gasteiger partial charge in [-0.1, -0.05) is 26.0 Å². The van der Waals surface area contributed by atoms with E-state index in [1.165, 1.54) is 27.7 Å². The van der Waals surface area contributed by atoms with Crippen molar-refractivity contribution in [3.05, 3.63) is 47.5 Å². The van der Waals surface area contributed by atoms with Gasteiger partial charge in [0.1, 0.15) is 0 Å². The van der Waals surface area contributed by atoms with Crippen molar-refractivity contribution in [2.24, 2.45) is 11.8 Å². The van der Waals surface area contributed by atoms with Crippen molar-refractivity contribution < 1.29 is 38.1 Å². The molecule has 0 aliphatic rings. The maximum Gasteiger partial charge on any atom is 0.308 e. The third kappa shape index (κ3) is 8.35. The van der Waals surface area contributed by atoms with Crippen molar-refractivity contribution in [1.29, 1.82) is 0 Å². The minimum absolute atomic E-state index is 0.193. The van der Waals surface area contributed by atoms with Crippen LogP contribution in [-0.4, -0.2) is 23.9 Å². The van der Waals surface area contributed by atoms with Crippen molar-refractivity contribution in [1.82, 2.24) is 0 Å². The second kappa shape index (κ2) is 12.0. The van der Waals surface area contributed by atoms with Crippen molar-refractivity contribution in [3.63, 3.8) is 0 Å². The van der Waals surface area contributed by atoms with E-state index in [1.54, 1.807) is 24.3 Å². The molecule has 0 spiro atoms. The van der Waals surface area contributed by atoms with Gasteiger partial charge >= 0.3 is 23.9 Å². The summed E-state index contributed by atoms with van der Waals surface area (Å²) in [5.41, 5.74) is 1.86. The minimum atomic E-state index is -0.507. The normalized spacial score (nSPS) is 12.3. The molecule has 0 saturated heterocycles. The van der Waals surface area contributed by atoms with Crippen LogP contribution < -0.4 is 18.9 Å². The number of carbonyl (C=O) groups is 4. The zero-order valence-electron chi connectivity index (χ0n) is 20.3. The van der Waals surface area contributed by atoms with E-state index in [0.717, 1.165) is 11.1 Å². The Morgan fingerprint density at radius 3 is 1.15 bits per heavy atom. The van der Waals surface area contributed by atoms with Gasteiger partial charge in [0.2, 0.25) is 0 Å². The Kier molecular flexibility index (Phi) is 9.36. The molecular weight excluding hydrogens is 440 g/mol. The first-order valence-corrected chi connectivity index (χ1v) is 10.9. The molecule has 0 radical (unpaired) electrons. The highest BCUT2D eigenvalue weighted by molar-refractivity contribution is 5.74. The van der Waals surface area contributed by atoms with Crippen LogP contribution in [0.3, 0.4) is 0 Å². The van der Waals surface area contributed by atoms with Gasteiger partial charge in [0.25, 0.3) is 0 Å². The lowest BCUT2D eigenvalue weighted by atomic mass is 9.85. The van der Waals surface area contributed by atoms with E-state index in [9.17, 15) is 19.2 Å². The summed E-state index contributed by atoms with van der Waals surface area (Å²) in [7, 11) is 0. The van der Waals surface area contributed by atoms with E-state index >= 15 is 0 Å². The summed E-state index contributed by atoms with van der Waals surface area (Å²) < 4.78 is 20.7. The van der Waals surface area contributed by atoms with Gasteiger partial charge in [-0.2, -0.15) is 0 Å². The fraction of sp³-hybridized carbons (Fsp3) is 0.385. The average molecular weight is 471 g/mol. The van der Waals surface area contributed by atoms with E-state index in [4.69, 9.17) is 18.9 Å². The van der Waals surface area contributed by atoms with Crippen LogP contribution in [0.2, 0.25) is 0 Å². The van der Waals surface area contributed by atoms with Crippen LogP contribution >= 0.6 is 0 Å². The maximum atomic E-state index is 11.5. The third-order valence-electron chi connectivity index (χ3n) is 5.12. The second-order valence-electron chi connectivity index (χ2n) is 8.30. The second-order valence-corrected chi connectivity index (χ2v) is 8.30. The SMILES string of the molecule is CC(=O)Oc1ccc(C[C@@H](C)[C@@H](C)Cc2ccc(OC(C)=O)c(OC(C)=O)c2)cc1OC(C)=O. The summed E-state index contributed by atoms with van der Waals surface area (Å²) in [6, 6.07) is 10.3. The number of hydrogen-bond donors (Lipinski definition) is 0. The molecule has 0 fully saturated rings. The van der Waals surface area contributed by atoms with E-state index in [2.05, 4.69) is 13.8 Å². The molecule has 0 saturated carbocycles. The number of esters is 4. The van der Waals surface area contributed by atoms with Gasteiger partial charge in [0.15, 0.2) is 23.0 Å². The molecule has 2 atom stereocenters. The lowest BCUT2D eigenvalue weighted by Gasteiger charge is -2.21. The van der Waals surface area contributed by atoms with Crippen molar-refractivity contribution in [3.8, 4) is 23.0 Å². The molecule has 2 rings (SSSR count). The fourth-order valence-corrected chi connectivity index (χ4v) is 3.45. The zero-order valence-corrected chi connectivity index (χ0v) is 20.3. The quantitative estimate of drug-likeness (QED) is 0.391. The monoisotopic (exact) mass is 470 g/mol. The molecule has 0 aromatic heterocycles. The molecule has 0 aliphatic carbocycles. The Labute approximate surface area is 199 Å². The highest BCUT2D eigenvalue weighted by Crippen LogP contribution is 2.33. The Bertz CT molecular complexity index is 987. The van der Waals surface area contributed by atoms with Crippen LogP contribution in [0.4, 0.5) is 0 Å². The van der Waals surface area contributed by atoms with Crippen LogP contribution in [0.25, 0.3) is 0 Å². The van der Waals surface area contributed by atoms with E-state index in [0.29, 0.717) is 12.8 Å². The first-order valence-electron chi connectivity index (χ1n) is 10.9. The summed E-state index contributed by atoms with van der Waals surface area (Å²) in [5, 5.41) is 0. The van der Waals surface area contributed by atoms with Crippen LogP contribution in [-0.2, 0) is 32.0 Å². The molecule has 8 nitrogen and oxygen atoms in total. The molecule has 2 aromatic rings. The summed E-state index contributed by atoms with van der Waals surface area (Å²) in [5.74, 6) is -0.770. The summed E-state index contributed by atoms with van der Waals surface area (Å²) in [6.07, 6.45) is 1.39. The Morgan fingerprint density at radius 2 is 0.853 bits per heavy atom. The molecular formula is C26H30O8. The third-order valence-corrected chi connectivity index (χ3v) is 5.12. The highest BCUT2D eigenvalue weighted by Gasteiger charge is 2.18. The molecule has 0 N–H and O–H groups in total. The van der Waals surface area contributed by atoms with Gasteiger partial charge in [-0.15, -0.1) is 0 Å². The number of carbonyl (C=O) groups excluding carboxylic acids is 4. The molecule has 8 heteroatoms. The van der Waals surface area contributed by atoms with Crippen molar-refractivity contribution in [2.75, 3.05) is 0 Å². The lowest BCUT2D eigenvalue weighted by Crippen LogP contribution is -2.14. The molecule has 0 aliphatic heterocycles. The van der Waals surface area contributed by atoms with E-state index in [1.807, 2.05) is 12.1 Å². The molecule has 0 heterocycles. The number of rotatable bonds is 9. The maximum absolute atomic E-state index is 11.5. The van der Waals surface area contributed by atoms with Gasteiger partial charge in [0.05, 0.1) is 0 Å². The Morgan fingerprint density at radius 1 is 0.559 bits per heavy atom. The molecule has 2 aromatic carbocycles. The fourth-order valence-electron chi connectivity index (χ4n) is 3.45. The van der Waals surface area contributed by atoms with Gasteiger partial charge in [0, 0.05) is 27.7 Å². The van der Waals surface area contributed by atoms with Crippen LogP contribution in [0, 0.1) is 11.8 Å². The Hall–Kier alpha value is -3.68. The summed E-state index contributed by atoms with van der Waals surface area (Å²) >= 11 is 0. The molecule has 34 heavy (non-hydrogen) atoms. The van der Waals surface area contributed by atoms with Crippen molar-refractivity contribution >= 4 is 23.9 Å². The number of hydrogen-bond acceptors (Lipinski definition) is 8. The topological polar surface area (TPSA) is 105 Å². The predicted octanol–water partition coefficient (Wildman–Crippen LogP) is 4.45. The molecule has 182 valence electrons. The molecule has 0 amide bonds. The van der Waals surface area contributed by atoms with Gasteiger partial charge in [-0.3, -0.25) is 19.2 Å². The molecule has 0 bridgehead atoms. The van der Waals surface area contributed by atoms with Gasteiger partial charge < -0.3 is 18.9 Å². The average Bonchev–Trinajstić information content (AvgIpc) is 2.70. The number of benzene rings is 2. The first-order chi connectivity index (χ1) is 15.9. The molecule has 0 unspecified atom stereocenters. The lowest BCUT2D eigenvalue weighted by molar-refractivity contribution is -0.134.